The van der Waals surface area contributed by atoms with Gasteiger partial charge in [0.1, 0.15) is 5.56 Å². The number of nitrogens with zero attached hydrogens (tertiary/aromatic N) is 3. The van der Waals surface area contributed by atoms with Crippen molar-refractivity contribution in [3.05, 3.63) is 50.7 Å². The average Bonchev–Trinajstić information content (AvgIpc) is 2.87. The molecule has 0 spiro atoms. The molecule has 1 aromatic carbocycles. The van der Waals surface area contributed by atoms with Crippen molar-refractivity contribution in [2.75, 3.05) is 14.1 Å². The van der Waals surface area contributed by atoms with Crippen molar-refractivity contribution in [2.45, 2.75) is 6.42 Å². The standard InChI is InChI=1S/C13H13BrClN3O4S/c1-17(2)23(21,22)18-12(10(7-16-18)13(19)20)6-8-5-9(14)3-4-11(8)15/h3-5,7H,6H2,1-2H3,(H,19,20). The van der Waals surface area contributed by atoms with Crippen LogP contribution in [-0.4, -0.2) is 47.1 Å². The van der Waals surface area contributed by atoms with Gasteiger partial charge in [-0.1, -0.05) is 27.5 Å². The van der Waals surface area contributed by atoms with Crippen molar-refractivity contribution in [2.24, 2.45) is 0 Å². The van der Waals surface area contributed by atoms with Crippen LogP contribution in [-0.2, 0) is 16.6 Å². The van der Waals surface area contributed by atoms with E-state index in [-0.39, 0.29) is 17.7 Å². The number of rotatable bonds is 5. The van der Waals surface area contributed by atoms with Crippen LogP contribution in [0.3, 0.4) is 0 Å². The van der Waals surface area contributed by atoms with Crippen molar-refractivity contribution in [1.82, 2.24) is 13.5 Å². The molecule has 0 aliphatic rings. The fourth-order valence-electron chi connectivity index (χ4n) is 1.91. The second kappa shape index (κ2) is 6.60. The zero-order valence-electron chi connectivity index (χ0n) is 12.2. The molecule has 0 fully saturated rings. The lowest BCUT2D eigenvalue weighted by Gasteiger charge is -2.14. The molecular formula is C13H13BrClN3O4S. The van der Waals surface area contributed by atoms with Gasteiger partial charge in [0.25, 0.3) is 0 Å². The largest absolute Gasteiger partial charge is 0.478 e. The van der Waals surface area contributed by atoms with Gasteiger partial charge in [0.2, 0.25) is 0 Å². The highest BCUT2D eigenvalue weighted by Gasteiger charge is 2.26. The van der Waals surface area contributed by atoms with E-state index in [1.165, 1.54) is 14.1 Å². The molecule has 0 radical (unpaired) electrons. The number of benzene rings is 1. The van der Waals surface area contributed by atoms with Crippen molar-refractivity contribution >= 4 is 43.7 Å². The lowest BCUT2D eigenvalue weighted by atomic mass is 10.1. The summed E-state index contributed by atoms with van der Waals surface area (Å²) in [6.07, 6.45) is 1.03. The third kappa shape index (κ3) is 3.57. The number of carbonyl (C=O) groups is 1. The normalized spacial score (nSPS) is 11.9. The Labute approximate surface area is 146 Å². The van der Waals surface area contributed by atoms with Crippen LogP contribution in [0, 0.1) is 0 Å². The molecule has 0 bridgehead atoms. The number of halogens is 2. The number of carboxylic acids is 1. The third-order valence-corrected chi connectivity index (χ3v) is 5.65. The highest BCUT2D eigenvalue weighted by Crippen LogP contribution is 2.25. The van der Waals surface area contributed by atoms with Crippen molar-refractivity contribution < 1.29 is 18.3 Å². The second-order valence-corrected chi connectivity index (χ2v) is 8.15. The van der Waals surface area contributed by atoms with Crippen LogP contribution in [0.25, 0.3) is 0 Å². The first-order valence-corrected chi connectivity index (χ1v) is 8.88. The molecule has 1 N–H and O–H groups in total. The van der Waals surface area contributed by atoms with E-state index >= 15 is 0 Å². The van der Waals surface area contributed by atoms with Gasteiger partial charge in [0.05, 0.1) is 11.9 Å². The Bertz CT molecular complexity index is 864. The van der Waals surface area contributed by atoms with Crippen LogP contribution >= 0.6 is 27.5 Å². The molecule has 10 heteroatoms. The van der Waals surface area contributed by atoms with Crippen LogP contribution in [0.2, 0.25) is 5.02 Å². The maximum absolute atomic E-state index is 12.3. The summed E-state index contributed by atoms with van der Waals surface area (Å²) in [5.74, 6) is -1.26. The van der Waals surface area contributed by atoms with Gasteiger partial charge in [-0.05, 0) is 23.8 Å². The molecule has 2 rings (SSSR count). The Balaban J connectivity index is 2.62. The van der Waals surface area contributed by atoms with Gasteiger partial charge in [0, 0.05) is 30.0 Å². The number of hydrogen-bond acceptors (Lipinski definition) is 4. The monoisotopic (exact) mass is 421 g/mol. The van der Waals surface area contributed by atoms with Gasteiger partial charge in [-0.3, -0.25) is 0 Å². The molecule has 2 aromatic rings. The minimum absolute atomic E-state index is 0.00692. The van der Waals surface area contributed by atoms with Gasteiger partial charge in [-0.25, -0.2) is 4.79 Å². The third-order valence-electron chi connectivity index (χ3n) is 3.11. The molecule has 0 aliphatic heterocycles. The summed E-state index contributed by atoms with van der Waals surface area (Å²) in [7, 11) is -1.26. The van der Waals surface area contributed by atoms with E-state index in [4.69, 9.17) is 11.6 Å². The summed E-state index contributed by atoms with van der Waals surface area (Å²) in [6, 6.07) is 5.08. The summed E-state index contributed by atoms with van der Waals surface area (Å²) in [5.41, 5.74) is 0.428. The van der Waals surface area contributed by atoms with Crippen LogP contribution < -0.4 is 0 Å². The van der Waals surface area contributed by atoms with Gasteiger partial charge >= 0.3 is 16.2 Å². The zero-order valence-corrected chi connectivity index (χ0v) is 15.4. The summed E-state index contributed by atoms with van der Waals surface area (Å²) >= 11 is 9.42. The van der Waals surface area contributed by atoms with Gasteiger partial charge in [0.15, 0.2) is 0 Å². The predicted octanol–water partition coefficient (Wildman–Crippen LogP) is 2.24. The van der Waals surface area contributed by atoms with E-state index in [0.717, 1.165) is 15.0 Å². The van der Waals surface area contributed by atoms with Gasteiger partial charge in [-0.15, -0.1) is 4.09 Å². The first kappa shape index (κ1) is 17.9. The molecule has 0 saturated heterocycles. The minimum atomic E-state index is -3.94. The quantitative estimate of drug-likeness (QED) is 0.798. The van der Waals surface area contributed by atoms with Crippen LogP contribution in [0.4, 0.5) is 0 Å². The fourth-order valence-corrected chi connectivity index (χ4v) is 3.42. The maximum Gasteiger partial charge on any atom is 0.339 e. The molecule has 124 valence electrons. The molecule has 7 nitrogen and oxygen atoms in total. The lowest BCUT2D eigenvalue weighted by molar-refractivity contribution is 0.0696. The Kier molecular flexibility index (Phi) is 5.14. The Hall–Kier alpha value is -1.42. The highest BCUT2D eigenvalue weighted by molar-refractivity contribution is 9.10. The van der Waals surface area contributed by atoms with Crippen LogP contribution in [0.1, 0.15) is 21.6 Å². The van der Waals surface area contributed by atoms with Crippen molar-refractivity contribution in [3.63, 3.8) is 0 Å². The highest BCUT2D eigenvalue weighted by atomic mass is 79.9. The Morgan fingerprint density at radius 2 is 2.09 bits per heavy atom. The molecule has 0 atom stereocenters. The predicted molar refractivity (Wildman–Crippen MR) is 89.1 cm³/mol. The zero-order chi connectivity index (χ0) is 17.4. The summed E-state index contributed by atoms with van der Waals surface area (Å²) in [4.78, 5) is 11.4. The number of hydrogen-bond donors (Lipinski definition) is 1. The first-order chi connectivity index (χ1) is 10.6. The molecule has 0 amide bonds. The van der Waals surface area contributed by atoms with E-state index in [1.807, 2.05) is 0 Å². The topological polar surface area (TPSA) is 92.5 Å². The van der Waals surface area contributed by atoms with Crippen LogP contribution in [0.5, 0.6) is 0 Å². The molecular weight excluding hydrogens is 410 g/mol. The van der Waals surface area contributed by atoms with Gasteiger partial charge in [-0.2, -0.15) is 17.8 Å². The SMILES string of the molecule is CN(C)S(=O)(=O)n1ncc(C(=O)O)c1Cc1cc(Br)ccc1Cl. The fraction of sp³-hybridized carbons (Fsp3) is 0.231. The molecule has 1 aromatic heterocycles. The number of aromatic carboxylic acids is 1. The number of carboxylic acid groups (broad SMARTS) is 1. The van der Waals surface area contributed by atoms with E-state index < -0.39 is 16.2 Å². The van der Waals surface area contributed by atoms with E-state index in [2.05, 4.69) is 21.0 Å². The lowest BCUT2D eigenvalue weighted by Crippen LogP contribution is -2.31. The minimum Gasteiger partial charge on any atom is -0.478 e. The summed E-state index contributed by atoms with van der Waals surface area (Å²) < 4.78 is 27.1. The average molecular weight is 423 g/mol. The van der Waals surface area contributed by atoms with E-state index in [9.17, 15) is 18.3 Å². The Morgan fingerprint density at radius 1 is 1.43 bits per heavy atom. The molecule has 0 aliphatic carbocycles. The molecule has 0 saturated carbocycles. The molecule has 1 heterocycles. The molecule has 23 heavy (non-hydrogen) atoms. The molecule has 0 unspecified atom stereocenters. The number of aromatic nitrogens is 2. The van der Waals surface area contributed by atoms with Crippen molar-refractivity contribution in [1.29, 1.82) is 0 Å². The summed E-state index contributed by atoms with van der Waals surface area (Å²) in [5, 5.41) is 13.4. The van der Waals surface area contributed by atoms with E-state index in [0.29, 0.717) is 14.7 Å². The maximum atomic E-state index is 12.3. The summed E-state index contributed by atoms with van der Waals surface area (Å²) in [6.45, 7) is 0. The smallest absolute Gasteiger partial charge is 0.339 e. The van der Waals surface area contributed by atoms with Gasteiger partial charge < -0.3 is 5.11 Å². The van der Waals surface area contributed by atoms with Crippen molar-refractivity contribution in [3.8, 4) is 0 Å². The van der Waals surface area contributed by atoms with E-state index in [1.54, 1.807) is 18.2 Å². The first-order valence-electron chi connectivity index (χ1n) is 6.31. The second-order valence-electron chi connectivity index (χ2n) is 4.86. The Morgan fingerprint density at radius 3 is 2.65 bits per heavy atom. The van der Waals surface area contributed by atoms with Crippen LogP contribution in [0.15, 0.2) is 28.9 Å².